The molecule has 4 aromatic rings. The van der Waals surface area contributed by atoms with Crippen LogP contribution in [0.1, 0.15) is 41.3 Å². The first-order valence-electron chi connectivity index (χ1n) is 13.2. The minimum atomic E-state index is -1.32. The zero-order valence-corrected chi connectivity index (χ0v) is 22.9. The van der Waals surface area contributed by atoms with E-state index in [1.807, 2.05) is 30.3 Å². The highest BCUT2D eigenvalue weighted by Gasteiger charge is 2.50. The van der Waals surface area contributed by atoms with E-state index < -0.39 is 52.6 Å². The SMILES string of the molecule is CC1(C)CN(c2ccc(C(=O)OCc3ccccc3)cc2)C(=O)[C@@H]1OC(=O)[C@H](C[N+](=O)[O-])c1c[nH]c2cc(F)ccc12. The van der Waals surface area contributed by atoms with Gasteiger partial charge in [0.25, 0.3) is 5.91 Å². The Balaban J connectivity index is 1.30. The minimum absolute atomic E-state index is 0.125. The number of anilines is 1. The van der Waals surface area contributed by atoms with Gasteiger partial charge in [-0.05, 0) is 53.6 Å². The largest absolute Gasteiger partial charge is 0.457 e. The fourth-order valence-corrected chi connectivity index (χ4v) is 5.11. The molecule has 0 unspecified atom stereocenters. The number of hydrogen-bond donors (Lipinski definition) is 1. The summed E-state index contributed by atoms with van der Waals surface area (Å²) in [6.07, 6.45) is 0.206. The summed E-state index contributed by atoms with van der Waals surface area (Å²) < 4.78 is 24.7. The van der Waals surface area contributed by atoms with Gasteiger partial charge >= 0.3 is 11.9 Å². The van der Waals surface area contributed by atoms with E-state index >= 15 is 0 Å². The Labute approximate surface area is 240 Å². The summed E-state index contributed by atoms with van der Waals surface area (Å²) >= 11 is 0. The smallest absolute Gasteiger partial charge is 0.338 e. The van der Waals surface area contributed by atoms with Crippen molar-refractivity contribution < 1.29 is 33.2 Å². The molecule has 0 saturated carbocycles. The van der Waals surface area contributed by atoms with Crippen LogP contribution in [0, 0.1) is 21.3 Å². The van der Waals surface area contributed by atoms with Crippen molar-refractivity contribution in [2.45, 2.75) is 32.5 Å². The summed E-state index contributed by atoms with van der Waals surface area (Å²) in [5.41, 5.74) is 1.48. The molecule has 5 rings (SSSR count). The van der Waals surface area contributed by atoms with Crippen molar-refractivity contribution in [2.75, 3.05) is 18.0 Å². The summed E-state index contributed by atoms with van der Waals surface area (Å²) in [5, 5.41) is 11.9. The lowest BCUT2D eigenvalue weighted by Gasteiger charge is -2.24. The molecule has 0 radical (unpaired) electrons. The highest BCUT2D eigenvalue weighted by molar-refractivity contribution is 6.02. The summed E-state index contributed by atoms with van der Waals surface area (Å²) in [6.45, 7) is 3.08. The van der Waals surface area contributed by atoms with Gasteiger partial charge in [0.1, 0.15) is 18.3 Å². The van der Waals surface area contributed by atoms with E-state index in [-0.39, 0.29) is 18.7 Å². The van der Waals surface area contributed by atoms with Gasteiger partial charge in [-0.25, -0.2) is 9.18 Å². The van der Waals surface area contributed by atoms with Gasteiger partial charge < -0.3 is 19.4 Å². The number of rotatable bonds is 9. The number of halogens is 1. The molecule has 1 aliphatic heterocycles. The van der Waals surface area contributed by atoms with E-state index in [0.29, 0.717) is 22.2 Å². The van der Waals surface area contributed by atoms with Crippen molar-refractivity contribution >= 4 is 34.4 Å². The van der Waals surface area contributed by atoms with Crippen LogP contribution in [0.2, 0.25) is 0 Å². The number of aromatic nitrogens is 1. The second-order valence-corrected chi connectivity index (χ2v) is 10.8. The van der Waals surface area contributed by atoms with Crippen molar-refractivity contribution in [2.24, 2.45) is 5.41 Å². The van der Waals surface area contributed by atoms with E-state index in [9.17, 15) is 28.9 Å². The van der Waals surface area contributed by atoms with E-state index in [0.717, 1.165) is 5.56 Å². The molecule has 1 N–H and O–H groups in total. The number of nitrogens with one attached hydrogen (secondary N) is 1. The van der Waals surface area contributed by atoms with Crippen LogP contribution in [0.4, 0.5) is 10.1 Å². The number of aromatic amines is 1. The normalized spacial score (nSPS) is 16.8. The van der Waals surface area contributed by atoms with Crippen LogP contribution in [0.5, 0.6) is 0 Å². The van der Waals surface area contributed by atoms with E-state index in [1.165, 1.54) is 29.3 Å². The number of nitrogens with zero attached hydrogens (tertiary/aromatic N) is 2. The van der Waals surface area contributed by atoms with Gasteiger partial charge in [0, 0.05) is 39.7 Å². The van der Waals surface area contributed by atoms with Crippen LogP contribution in [0.3, 0.4) is 0 Å². The third kappa shape index (κ3) is 5.85. The number of benzene rings is 3. The Kier molecular flexibility index (Phi) is 7.75. The van der Waals surface area contributed by atoms with Gasteiger partial charge in [-0.1, -0.05) is 44.2 Å². The molecule has 42 heavy (non-hydrogen) atoms. The second-order valence-electron chi connectivity index (χ2n) is 10.8. The van der Waals surface area contributed by atoms with Crippen molar-refractivity contribution in [1.82, 2.24) is 4.98 Å². The Hall–Kier alpha value is -5.06. The van der Waals surface area contributed by atoms with E-state index in [4.69, 9.17) is 9.47 Å². The summed E-state index contributed by atoms with van der Waals surface area (Å²) in [7, 11) is 0. The first-order chi connectivity index (χ1) is 20.0. The Bertz CT molecular complexity index is 1650. The van der Waals surface area contributed by atoms with Crippen molar-refractivity contribution in [3.63, 3.8) is 0 Å². The van der Waals surface area contributed by atoms with Gasteiger partial charge in [-0.2, -0.15) is 0 Å². The lowest BCUT2D eigenvalue weighted by molar-refractivity contribution is -0.481. The van der Waals surface area contributed by atoms with Crippen LogP contribution in [-0.2, 0) is 25.7 Å². The van der Waals surface area contributed by atoms with Crippen molar-refractivity contribution in [1.29, 1.82) is 0 Å². The Morgan fingerprint density at radius 3 is 2.52 bits per heavy atom. The molecule has 10 nitrogen and oxygen atoms in total. The highest BCUT2D eigenvalue weighted by atomic mass is 19.1. The van der Waals surface area contributed by atoms with Crippen LogP contribution >= 0.6 is 0 Å². The maximum atomic E-state index is 13.7. The quantitative estimate of drug-likeness (QED) is 0.169. The van der Waals surface area contributed by atoms with Gasteiger partial charge in [0.2, 0.25) is 6.54 Å². The summed E-state index contributed by atoms with van der Waals surface area (Å²) in [6, 6.07) is 19.4. The standard InChI is InChI=1S/C31H28FN3O7/c1-31(2)18-34(22-11-8-20(9-12-22)29(37)41-17-19-6-4-3-5-7-19)28(36)27(31)42-30(38)25(16-35(39)40)24-15-33-26-14-21(32)10-13-23(24)26/h3-15,25,27,33H,16-18H2,1-2H3/t25-,27+/m1/s1. The number of carbonyl (C=O) groups is 3. The third-order valence-electron chi connectivity index (χ3n) is 7.29. The van der Waals surface area contributed by atoms with Crippen molar-refractivity contribution in [3.05, 3.63) is 112 Å². The number of esters is 2. The van der Waals surface area contributed by atoms with Gasteiger partial charge in [0.05, 0.1) is 5.56 Å². The molecule has 0 bridgehead atoms. The molecular formula is C31H28FN3O7. The first kappa shape index (κ1) is 28.5. The highest BCUT2D eigenvalue weighted by Crippen LogP contribution is 2.38. The molecule has 2 atom stereocenters. The molecule has 1 aromatic heterocycles. The predicted molar refractivity (Wildman–Crippen MR) is 151 cm³/mol. The molecule has 1 amide bonds. The second kappa shape index (κ2) is 11.4. The van der Waals surface area contributed by atoms with E-state index in [1.54, 1.807) is 38.1 Å². The molecule has 1 saturated heterocycles. The average molecular weight is 574 g/mol. The lowest BCUT2D eigenvalue weighted by atomic mass is 9.89. The number of ether oxygens (including phenoxy) is 2. The Morgan fingerprint density at radius 2 is 1.83 bits per heavy atom. The molecule has 1 fully saturated rings. The van der Waals surface area contributed by atoms with Crippen LogP contribution in [0.15, 0.2) is 79.0 Å². The zero-order chi connectivity index (χ0) is 30.0. The molecule has 216 valence electrons. The van der Waals surface area contributed by atoms with Gasteiger partial charge in [0.15, 0.2) is 6.10 Å². The number of carbonyl (C=O) groups excluding carboxylic acids is 3. The van der Waals surface area contributed by atoms with Crippen LogP contribution < -0.4 is 4.90 Å². The fourth-order valence-electron chi connectivity index (χ4n) is 5.11. The van der Waals surface area contributed by atoms with Gasteiger partial charge in [-0.3, -0.25) is 19.7 Å². The molecule has 1 aliphatic rings. The zero-order valence-electron chi connectivity index (χ0n) is 22.9. The first-order valence-corrected chi connectivity index (χ1v) is 13.2. The molecule has 2 heterocycles. The monoisotopic (exact) mass is 573 g/mol. The third-order valence-corrected chi connectivity index (χ3v) is 7.29. The van der Waals surface area contributed by atoms with E-state index in [2.05, 4.69) is 4.98 Å². The fraction of sp³-hybridized carbons (Fsp3) is 0.258. The molecule has 11 heteroatoms. The average Bonchev–Trinajstić information content (AvgIpc) is 3.48. The number of amides is 1. The number of hydrogen-bond acceptors (Lipinski definition) is 7. The topological polar surface area (TPSA) is 132 Å². The number of nitro groups is 1. The maximum Gasteiger partial charge on any atom is 0.338 e. The molecule has 0 spiro atoms. The predicted octanol–water partition coefficient (Wildman–Crippen LogP) is 5.01. The van der Waals surface area contributed by atoms with Gasteiger partial charge in [-0.15, -0.1) is 0 Å². The molecule has 0 aliphatic carbocycles. The lowest BCUT2D eigenvalue weighted by Crippen LogP contribution is -2.38. The maximum absolute atomic E-state index is 13.7. The number of fused-ring (bicyclic) bond motifs is 1. The van der Waals surface area contributed by atoms with Crippen molar-refractivity contribution in [3.8, 4) is 0 Å². The molecule has 3 aromatic carbocycles. The minimum Gasteiger partial charge on any atom is -0.457 e. The summed E-state index contributed by atoms with van der Waals surface area (Å²) in [5.74, 6) is -3.75. The number of H-pyrrole nitrogens is 1. The van der Waals surface area contributed by atoms with Crippen LogP contribution in [0.25, 0.3) is 10.9 Å². The summed E-state index contributed by atoms with van der Waals surface area (Å²) in [4.78, 5) is 54.5. The van der Waals surface area contributed by atoms with Crippen LogP contribution in [-0.4, -0.2) is 46.9 Å². The molecular weight excluding hydrogens is 545 g/mol. The Morgan fingerprint density at radius 1 is 1.12 bits per heavy atom.